The van der Waals surface area contributed by atoms with E-state index in [1.807, 2.05) is 42.5 Å². The molecule has 0 unspecified atom stereocenters. The van der Waals surface area contributed by atoms with Crippen molar-refractivity contribution in [2.45, 2.75) is 233 Å². The molecule has 0 aliphatic carbocycles. The molecule has 15 heteroatoms. The Bertz CT molecular complexity index is 8830. The molecule has 0 spiro atoms. The molecule has 20 aromatic rings. The molecule has 0 fully saturated rings. The van der Waals surface area contributed by atoms with Gasteiger partial charge >= 0.3 is 0 Å². The number of fused-ring (bicyclic) bond motifs is 15. The van der Waals surface area contributed by atoms with Gasteiger partial charge in [0, 0.05) is 142 Å². The Labute approximate surface area is 867 Å². The molecule has 0 aliphatic heterocycles. The van der Waals surface area contributed by atoms with Gasteiger partial charge in [0.05, 0.1) is 60.7 Å². The lowest BCUT2D eigenvalue weighted by Crippen LogP contribution is -2.30. The summed E-state index contributed by atoms with van der Waals surface area (Å²) in [5, 5.41) is 11.4. The van der Waals surface area contributed by atoms with Crippen LogP contribution in [0.4, 0.5) is 28.4 Å². The number of furan rings is 5. The molecule has 10 aromatic heterocycles. The molecule has 0 amide bonds. The van der Waals surface area contributed by atoms with Gasteiger partial charge < -0.3 is 22.1 Å². The van der Waals surface area contributed by atoms with Crippen LogP contribution in [0.15, 0.2) is 235 Å². The molecular weight excluding hydrogens is 1810 g/mol. The van der Waals surface area contributed by atoms with Crippen LogP contribution in [-0.2, 0) is 48.1 Å². The third kappa shape index (κ3) is 19.2. The second-order valence-corrected chi connectivity index (χ2v) is 43.3. The van der Waals surface area contributed by atoms with Gasteiger partial charge in [0.2, 0.25) is 28.5 Å². The minimum absolute atomic E-state index is 0.207. The standard InChI is InChI=1S/2C27H29N2O.3C26H27N2O/c1-16(2)14-19-15-18(5)24(22-10-8-9-13-29(22)7)27-25(19)20-11-12-21(28-6)23(17(3)4)26(20)30-27;1-16(2)14-19-15-21(28-6)23(17(3)4)27-25(19)20-12-11-18(5)24(26(20)30-27)22-10-8-9-13-29(22)7;1-15(2)19-14-17(5)23(21-10-8-9-13-28(21)7)26-24(19)18-11-12-20(27-6)22(16(3)4)25(18)29-26;1-15(2)19-14-20(27-6)22(16(3)4)26-24(19)18-12-11-17(5)23(25(18)29-26)21-10-8-9-13-28(21)7;1-15(2)19-14-20-18-12-11-17(5)23(21-10-8-9-13-28(21)7)25(18)29-26(20)22(16(3)4)24(19)27-6/h2*8-13,15-17H,14H2,1-5,7H3;3*8-16H,1-5,7H3/q5*+1. The summed E-state index contributed by atoms with van der Waals surface area (Å²) < 4.78 is 43.9. The second kappa shape index (κ2) is 42.6. The van der Waals surface area contributed by atoms with Crippen molar-refractivity contribution in [2.75, 3.05) is 0 Å². The fourth-order valence-electron chi connectivity index (χ4n) is 22.2. The van der Waals surface area contributed by atoms with Gasteiger partial charge in [0.25, 0.3) is 0 Å². The van der Waals surface area contributed by atoms with E-state index in [9.17, 15) is 0 Å². The molecule has 0 bridgehead atoms. The lowest BCUT2D eigenvalue weighted by molar-refractivity contribution is -0.660. The van der Waals surface area contributed by atoms with Crippen molar-refractivity contribution in [2.24, 2.45) is 47.1 Å². The average Bonchev–Trinajstić information content (AvgIpc) is 1.59. The summed E-state index contributed by atoms with van der Waals surface area (Å²) in [7, 11) is 10.3. The maximum Gasteiger partial charge on any atom is 0.216 e. The minimum Gasteiger partial charge on any atom is -0.456 e. The third-order valence-electron chi connectivity index (χ3n) is 29.1. The van der Waals surface area contributed by atoms with Crippen molar-refractivity contribution in [3.05, 3.63) is 354 Å². The molecule has 742 valence electrons. The zero-order valence-electron chi connectivity index (χ0n) is 91.4. The van der Waals surface area contributed by atoms with Gasteiger partial charge in [-0.1, -0.05) is 229 Å². The molecule has 0 radical (unpaired) electrons. The summed E-state index contributed by atoms with van der Waals surface area (Å²) in [4.78, 5) is 19.2. The van der Waals surface area contributed by atoms with Gasteiger partial charge in [0.15, 0.2) is 59.4 Å². The number of nitrogens with zero attached hydrogens (tertiary/aromatic N) is 10. The van der Waals surface area contributed by atoms with Crippen molar-refractivity contribution < 1.29 is 44.9 Å². The van der Waals surface area contributed by atoms with Crippen molar-refractivity contribution in [3.8, 4) is 56.3 Å². The second-order valence-electron chi connectivity index (χ2n) is 43.3. The number of rotatable bonds is 17. The van der Waals surface area contributed by atoms with Crippen LogP contribution in [0.25, 0.3) is 190 Å². The van der Waals surface area contributed by atoms with Crippen LogP contribution < -0.4 is 22.8 Å². The summed E-state index contributed by atoms with van der Waals surface area (Å²) in [6.07, 6.45) is 12.2. The zero-order valence-corrected chi connectivity index (χ0v) is 91.4. The van der Waals surface area contributed by atoms with Crippen molar-refractivity contribution in [3.63, 3.8) is 0 Å². The SMILES string of the molecule is [C-]#[N+]c1c(C(C)C)cc2c(oc3c(-c4cccc[n+]4C)c(C)ccc32)c1C(C)C.[C-]#[N+]c1cc(C(C)C)c2c(oc3c(-c4cccc[n+]4C)c(C)ccc32)c1C(C)C.[C-]#[N+]c1cc(CC(C)C)c2c(oc3c(-c4cccc[n+]4C)c(C)ccc32)c1C(C)C.[C-]#[N+]c1ccc2c(oc3c(-c4cccc[n+]4C)c(C)cc(C(C)C)c32)c1C(C)C.[C-]#[N+]c1ccc2c(oc3c(-c4cccc[n+]4C)c(C)cc(CC(C)C)c32)c1C(C)C. The highest BCUT2D eigenvalue weighted by Crippen LogP contribution is 2.53. The molecule has 0 saturated carbocycles. The van der Waals surface area contributed by atoms with E-state index in [4.69, 9.17) is 54.9 Å². The number of pyridine rings is 5. The maximum atomic E-state index is 7.84. The van der Waals surface area contributed by atoms with Gasteiger partial charge in [-0.25, -0.2) is 47.1 Å². The first kappa shape index (κ1) is 104. The van der Waals surface area contributed by atoms with Crippen molar-refractivity contribution in [1.82, 2.24) is 0 Å². The zero-order chi connectivity index (χ0) is 106. The summed E-state index contributed by atoms with van der Waals surface area (Å²) in [5.41, 5.74) is 40.9. The number of benzene rings is 10. The number of hydrogen-bond donors (Lipinski definition) is 0. The van der Waals surface area contributed by atoms with Crippen molar-refractivity contribution >= 4 is 138 Å². The first-order chi connectivity index (χ1) is 70.2. The Morgan fingerprint density at radius 2 is 0.510 bits per heavy atom. The monoisotopic (exact) mass is 1940 g/mol. The molecule has 147 heavy (non-hydrogen) atoms. The Balaban J connectivity index is 0.000000131. The van der Waals surface area contributed by atoms with E-state index in [2.05, 4.69) is 426 Å². The maximum absolute atomic E-state index is 7.84. The highest BCUT2D eigenvalue weighted by molar-refractivity contribution is 6.18. The first-order valence-electron chi connectivity index (χ1n) is 51.9. The van der Waals surface area contributed by atoms with Crippen LogP contribution >= 0.6 is 0 Å². The lowest BCUT2D eigenvalue weighted by Gasteiger charge is -2.15. The largest absolute Gasteiger partial charge is 0.456 e. The average molecular weight is 1950 g/mol. The Hall–Kier alpha value is -15.6. The fourth-order valence-corrected chi connectivity index (χ4v) is 22.2. The lowest BCUT2D eigenvalue weighted by atomic mass is 9.90. The van der Waals surface area contributed by atoms with Crippen LogP contribution in [-0.4, -0.2) is 0 Å². The highest BCUT2D eigenvalue weighted by atomic mass is 16.3. The molecule has 0 aliphatic rings. The predicted molar refractivity (Wildman–Crippen MR) is 606 cm³/mol. The van der Waals surface area contributed by atoms with Gasteiger partial charge in [-0.15, -0.1) is 0 Å². The normalized spacial score (nSPS) is 11.7. The first-order valence-corrected chi connectivity index (χ1v) is 51.9. The minimum atomic E-state index is 0.207. The van der Waals surface area contributed by atoms with E-state index < -0.39 is 0 Å². The predicted octanol–water partition coefficient (Wildman–Crippen LogP) is 36.1. The molecule has 10 heterocycles. The van der Waals surface area contributed by atoms with E-state index >= 15 is 0 Å². The Morgan fingerprint density at radius 1 is 0.231 bits per heavy atom. The Morgan fingerprint density at radius 3 is 0.878 bits per heavy atom. The van der Waals surface area contributed by atoms with Gasteiger partial charge in [-0.05, 0) is 193 Å². The molecule has 10 aromatic carbocycles. The van der Waals surface area contributed by atoms with E-state index in [-0.39, 0.29) is 35.5 Å². The molecule has 0 N–H and O–H groups in total. The van der Waals surface area contributed by atoms with Crippen molar-refractivity contribution in [1.29, 1.82) is 0 Å². The molecule has 0 saturated heterocycles. The molecular formula is C132H139N10O5+5. The highest BCUT2D eigenvalue weighted by Gasteiger charge is 2.34. The quantitative estimate of drug-likeness (QED) is 0.0667. The van der Waals surface area contributed by atoms with E-state index in [0.29, 0.717) is 40.7 Å². The van der Waals surface area contributed by atoms with Crippen LogP contribution in [0.1, 0.15) is 269 Å². The fraction of sp³-hybridized carbons (Fsp3) is 0.318. The molecule has 0 atom stereocenters. The van der Waals surface area contributed by atoms with Crippen LogP contribution in [0, 0.1) is 79.3 Å². The van der Waals surface area contributed by atoms with Crippen LogP contribution in [0.2, 0.25) is 0 Å². The van der Waals surface area contributed by atoms with Gasteiger partial charge in [-0.2, -0.15) is 0 Å². The number of hydrogen-bond acceptors (Lipinski definition) is 5. The van der Waals surface area contributed by atoms with E-state index in [1.54, 1.807) is 0 Å². The van der Waals surface area contributed by atoms with Gasteiger partial charge in [-0.3, -0.25) is 0 Å². The summed E-state index contributed by atoms with van der Waals surface area (Å²) in [6.45, 7) is 92.8. The summed E-state index contributed by atoms with van der Waals surface area (Å²) in [6, 6.07) is 63.3. The van der Waals surface area contributed by atoms with E-state index in [0.717, 1.165) is 207 Å². The Kier molecular flexibility index (Phi) is 30.2. The van der Waals surface area contributed by atoms with Crippen LogP contribution in [0.5, 0.6) is 0 Å². The smallest absolute Gasteiger partial charge is 0.216 e. The number of aromatic nitrogens is 5. The molecule has 15 nitrogen and oxygen atoms in total. The topological polar surface area (TPSA) is 107 Å². The number of aryl methyl sites for hydroxylation is 10. The summed E-state index contributed by atoms with van der Waals surface area (Å²) >= 11 is 0. The summed E-state index contributed by atoms with van der Waals surface area (Å²) in [5.74, 6) is 3.05. The third-order valence-corrected chi connectivity index (χ3v) is 29.1. The molecule has 20 rings (SSSR count). The van der Waals surface area contributed by atoms with E-state index in [1.165, 1.54) is 66.2 Å². The van der Waals surface area contributed by atoms with Crippen LogP contribution in [0.3, 0.4) is 0 Å². The van der Waals surface area contributed by atoms with Gasteiger partial charge in [0.1, 0.15) is 91.1 Å².